The van der Waals surface area contributed by atoms with Crippen LogP contribution in [0, 0.1) is 0 Å². The van der Waals surface area contributed by atoms with Gasteiger partial charge in [0.1, 0.15) is 11.4 Å². The molecule has 1 N–H and O–H groups in total. The minimum absolute atomic E-state index is 0.139. The highest BCUT2D eigenvalue weighted by Crippen LogP contribution is 2.40. The van der Waals surface area contributed by atoms with Crippen molar-refractivity contribution in [3.8, 4) is 17.0 Å². The lowest BCUT2D eigenvalue weighted by Crippen LogP contribution is -2.00. The summed E-state index contributed by atoms with van der Waals surface area (Å²) in [6, 6.07) is 7.22. The summed E-state index contributed by atoms with van der Waals surface area (Å²) >= 11 is 0. The molecule has 1 heterocycles. The molecule has 86 valence electrons. The quantitative estimate of drug-likeness (QED) is 0.815. The molecule has 0 spiro atoms. The summed E-state index contributed by atoms with van der Waals surface area (Å²) in [7, 11) is 0. The first kappa shape index (κ1) is 10.0. The zero-order chi connectivity index (χ0) is 11.8. The van der Waals surface area contributed by atoms with E-state index >= 15 is 0 Å². The van der Waals surface area contributed by atoms with E-state index in [0.717, 1.165) is 12.8 Å². The number of benzene rings is 1. The van der Waals surface area contributed by atoms with Gasteiger partial charge in [-0.25, -0.2) is 4.68 Å². The summed E-state index contributed by atoms with van der Waals surface area (Å²) in [4.78, 5) is 11.0. The molecule has 1 fully saturated rings. The Morgan fingerprint density at radius 2 is 2.12 bits per heavy atom. The fraction of sp³-hybridized carbons (Fsp3) is 0.250. The minimum atomic E-state index is 0.139. The largest absolute Gasteiger partial charge is 0.507 e. The van der Waals surface area contributed by atoms with Crippen LogP contribution < -0.4 is 0 Å². The van der Waals surface area contributed by atoms with Gasteiger partial charge >= 0.3 is 0 Å². The molecule has 0 unspecified atom stereocenters. The van der Waals surface area contributed by atoms with Crippen molar-refractivity contribution in [3.05, 3.63) is 30.0 Å². The molecule has 0 atom stereocenters. The number of carbonyl (C=O) groups excluding carboxylic acids is 1. The van der Waals surface area contributed by atoms with Gasteiger partial charge in [0.25, 0.3) is 0 Å². The Hall–Kier alpha value is -2.17. The predicted octanol–water partition coefficient (Wildman–Crippen LogP) is 1.80. The van der Waals surface area contributed by atoms with Gasteiger partial charge in [0.2, 0.25) is 0 Å². The Balaban J connectivity index is 2.21. The third-order valence-corrected chi connectivity index (χ3v) is 2.88. The zero-order valence-corrected chi connectivity index (χ0v) is 9.08. The number of phenols is 1. The van der Waals surface area contributed by atoms with E-state index in [0.29, 0.717) is 23.6 Å². The first-order valence-electron chi connectivity index (χ1n) is 5.50. The van der Waals surface area contributed by atoms with Crippen LogP contribution in [0.3, 0.4) is 0 Å². The lowest BCUT2D eigenvalue weighted by Gasteiger charge is -2.06. The Bertz CT molecular complexity index is 573. The molecule has 0 saturated heterocycles. The average molecular weight is 229 g/mol. The normalized spacial score (nSPS) is 14.8. The smallest absolute Gasteiger partial charge is 0.172 e. The minimum Gasteiger partial charge on any atom is -0.507 e. The fourth-order valence-electron chi connectivity index (χ4n) is 1.90. The molecule has 1 aliphatic rings. The maximum atomic E-state index is 11.0. The van der Waals surface area contributed by atoms with Crippen LogP contribution >= 0.6 is 0 Å². The molecular weight excluding hydrogens is 218 g/mol. The standard InChI is InChI=1S/C12H11N3O2/c16-7-10-12(9-3-1-2-4-11(9)17)15(14-13-10)8-5-6-8/h1-4,7-8,17H,5-6H2. The van der Waals surface area contributed by atoms with Gasteiger partial charge in [-0.1, -0.05) is 17.3 Å². The maximum absolute atomic E-state index is 11.0. The Morgan fingerprint density at radius 1 is 1.35 bits per heavy atom. The highest BCUT2D eigenvalue weighted by atomic mass is 16.3. The monoisotopic (exact) mass is 229 g/mol. The molecule has 1 aliphatic carbocycles. The first-order valence-corrected chi connectivity index (χ1v) is 5.50. The number of hydrogen-bond donors (Lipinski definition) is 1. The van der Waals surface area contributed by atoms with Crippen molar-refractivity contribution in [2.24, 2.45) is 0 Å². The molecule has 3 rings (SSSR count). The van der Waals surface area contributed by atoms with E-state index in [-0.39, 0.29) is 11.4 Å². The molecular formula is C12H11N3O2. The van der Waals surface area contributed by atoms with E-state index in [1.165, 1.54) is 0 Å². The molecule has 0 aliphatic heterocycles. The van der Waals surface area contributed by atoms with Crippen LogP contribution in [0.4, 0.5) is 0 Å². The van der Waals surface area contributed by atoms with E-state index < -0.39 is 0 Å². The number of para-hydroxylation sites is 1. The van der Waals surface area contributed by atoms with Crippen molar-refractivity contribution >= 4 is 6.29 Å². The fourth-order valence-corrected chi connectivity index (χ4v) is 1.90. The van der Waals surface area contributed by atoms with Gasteiger partial charge in [0, 0.05) is 5.56 Å². The van der Waals surface area contributed by atoms with Crippen LogP contribution in [0.2, 0.25) is 0 Å². The second kappa shape index (κ2) is 3.69. The molecule has 1 saturated carbocycles. The number of rotatable bonds is 3. The van der Waals surface area contributed by atoms with Crippen molar-refractivity contribution in [2.75, 3.05) is 0 Å². The van der Waals surface area contributed by atoms with Gasteiger partial charge in [0.15, 0.2) is 12.0 Å². The van der Waals surface area contributed by atoms with E-state index in [1.807, 2.05) is 6.07 Å². The van der Waals surface area contributed by atoms with E-state index in [4.69, 9.17) is 0 Å². The molecule has 0 bridgehead atoms. The lowest BCUT2D eigenvalue weighted by atomic mass is 10.1. The van der Waals surface area contributed by atoms with Gasteiger partial charge in [-0.3, -0.25) is 4.79 Å². The molecule has 1 aromatic heterocycles. The number of phenolic OH excluding ortho intramolecular Hbond substituents is 1. The number of aromatic hydroxyl groups is 1. The van der Waals surface area contributed by atoms with Gasteiger partial charge in [0.05, 0.1) is 6.04 Å². The van der Waals surface area contributed by atoms with Gasteiger partial charge < -0.3 is 5.11 Å². The zero-order valence-electron chi connectivity index (χ0n) is 9.08. The maximum Gasteiger partial charge on any atom is 0.172 e. The van der Waals surface area contributed by atoms with Crippen molar-refractivity contribution in [2.45, 2.75) is 18.9 Å². The van der Waals surface area contributed by atoms with E-state index in [9.17, 15) is 9.90 Å². The second-order valence-corrected chi connectivity index (χ2v) is 4.13. The number of carbonyl (C=O) groups is 1. The first-order chi connectivity index (χ1) is 8.31. The molecule has 5 nitrogen and oxygen atoms in total. The van der Waals surface area contributed by atoms with Crippen molar-refractivity contribution in [3.63, 3.8) is 0 Å². The summed E-state index contributed by atoms with van der Waals surface area (Å²) in [5, 5.41) is 17.7. The van der Waals surface area contributed by atoms with Crippen molar-refractivity contribution < 1.29 is 9.90 Å². The number of nitrogens with zero attached hydrogens (tertiary/aromatic N) is 3. The van der Waals surface area contributed by atoms with Gasteiger partial charge in [-0.15, -0.1) is 5.10 Å². The Labute approximate surface area is 97.7 Å². The van der Waals surface area contributed by atoms with Crippen molar-refractivity contribution in [1.29, 1.82) is 0 Å². The highest BCUT2D eigenvalue weighted by molar-refractivity contribution is 5.85. The summed E-state index contributed by atoms with van der Waals surface area (Å²) in [6.07, 6.45) is 2.76. The summed E-state index contributed by atoms with van der Waals surface area (Å²) in [5.41, 5.74) is 1.49. The van der Waals surface area contributed by atoms with Crippen LogP contribution in [-0.4, -0.2) is 26.4 Å². The van der Waals surface area contributed by atoms with Crippen molar-refractivity contribution in [1.82, 2.24) is 15.0 Å². The van der Waals surface area contributed by atoms with Crippen LogP contribution in [0.15, 0.2) is 24.3 Å². The van der Waals surface area contributed by atoms with E-state index in [1.54, 1.807) is 22.9 Å². The number of aldehydes is 1. The number of hydrogen-bond acceptors (Lipinski definition) is 4. The molecule has 17 heavy (non-hydrogen) atoms. The van der Waals surface area contributed by atoms with E-state index in [2.05, 4.69) is 10.3 Å². The molecule has 0 radical (unpaired) electrons. The van der Waals surface area contributed by atoms with Crippen LogP contribution in [0.1, 0.15) is 29.4 Å². The third-order valence-electron chi connectivity index (χ3n) is 2.88. The number of aromatic nitrogens is 3. The van der Waals surface area contributed by atoms with Crippen LogP contribution in [0.25, 0.3) is 11.3 Å². The van der Waals surface area contributed by atoms with Crippen LogP contribution in [-0.2, 0) is 0 Å². The Morgan fingerprint density at radius 3 is 2.76 bits per heavy atom. The molecule has 1 aromatic carbocycles. The Kier molecular flexibility index (Phi) is 2.18. The summed E-state index contributed by atoms with van der Waals surface area (Å²) < 4.78 is 1.73. The average Bonchev–Trinajstić information content (AvgIpc) is 3.10. The summed E-state index contributed by atoms with van der Waals surface area (Å²) in [6.45, 7) is 0. The molecule has 2 aromatic rings. The third kappa shape index (κ3) is 1.60. The topological polar surface area (TPSA) is 68.0 Å². The summed E-state index contributed by atoms with van der Waals surface area (Å²) in [5.74, 6) is 0.139. The lowest BCUT2D eigenvalue weighted by molar-refractivity contribution is 0.111. The van der Waals surface area contributed by atoms with Gasteiger partial charge in [-0.05, 0) is 25.0 Å². The van der Waals surface area contributed by atoms with Crippen LogP contribution in [0.5, 0.6) is 5.75 Å². The predicted molar refractivity (Wildman–Crippen MR) is 60.8 cm³/mol. The highest BCUT2D eigenvalue weighted by Gasteiger charge is 2.30. The SMILES string of the molecule is O=Cc1nnn(C2CC2)c1-c1ccccc1O. The second-order valence-electron chi connectivity index (χ2n) is 4.13. The molecule has 0 amide bonds. The molecule has 5 heteroatoms. The van der Waals surface area contributed by atoms with Gasteiger partial charge in [-0.2, -0.15) is 0 Å².